The Morgan fingerprint density at radius 3 is 2.92 bits per heavy atom. The maximum atomic E-state index is 13.0. The minimum Gasteiger partial charge on any atom is -0.360 e. The fraction of sp³-hybridized carbons (Fsp3) is 0.526. The second-order valence-electron chi connectivity index (χ2n) is 6.63. The van der Waals surface area contributed by atoms with Gasteiger partial charge in [0.2, 0.25) is 0 Å². The quantitative estimate of drug-likeness (QED) is 0.811. The van der Waals surface area contributed by atoms with Gasteiger partial charge in [-0.1, -0.05) is 0 Å². The van der Waals surface area contributed by atoms with Crippen LogP contribution in [-0.4, -0.2) is 51.8 Å². The molecule has 1 aliphatic heterocycles. The molecule has 1 atom stereocenters. The van der Waals surface area contributed by atoms with Crippen LogP contribution in [0.1, 0.15) is 43.0 Å². The summed E-state index contributed by atoms with van der Waals surface area (Å²) in [6.07, 6.45) is 9.75. The van der Waals surface area contributed by atoms with Gasteiger partial charge in [-0.15, -0.1) is 0 Å². The summed E-state index contributed by atoms with van der Waals surface area (Å²) >= 11 is 0. The van der Waals surface area contributed by atoms with Gasteiger partial charge in [0.15, 0.2) is 0 Å². The topological polar surface area (TPSA) is 54.3 Å². The summed E-state index contributed by atoms with van der Waals surface area (Å²) in [4.78, 5) is 21.5. The van der Waals surface area contributed by atoms with Crippen LogP contribution >= 0.6 is 0 Å². The number of aryl methyl sites for hydroxylation is 1. The maximum Gasteiger partial charge on any atom is 0.255 e. The van der Waals surface area contributed by atoms with Crippen LogP contribution in [0.15, 0.2) is 36.8 Å². The highest BCUT2D eigenvalue weighted by molar-refractivity contribution is 5.94. The smallest absolute Gasteiger partial charge is 0.255 e. The summed E-state index contributed by atoms with van der Waals surface area (Å²) in [7, 11) is 2.00. The number of aromatic nitrogens is 3. The van der Waals surface area contributed by atoms with Crippen LogP contribution in [0.4, 0.5) is 5.82 Å². The van der Waals surface area contributed by atoms with Crippen LogP contribution in [0.5, 0.6) is 0 Å². The summed E-state index contributed by atoms with van der Waals surface area (Å²) in [5, 5.41) is 4.26. The molecule has 0 aliphatic carbocycles. The van der Waals surface area contributed by atoms with E-state index in [0.29, 0.717) is 5.56 Å². The molecule has 0 bridgehead atoms. The van der Waals surface area contributed by atoms with Gasteiger partial charge in [0.05, 0.1) is 5.56 Å². The third-order valence-electron chi connectivity index (χ3n) is 5.00. The molecule has 0 N–H and O–H groups in total. The van der Waals surface area contributed by atoms with Crippen molar-refractivity contribution in [3.05, 3.63) is 42.4 Å². The van der Waals surface area contributed by atoms with E-state index in [0.717, 1.165) is 44.7 Å². The molecular weight excluding hydrogens is 314 g/mol. The predicted octanol–water partition coefficient (Wildman–Crippen LogP) is 2.82. The molecule has 0 radical (unpaired) electrons. The van der Waals surface area contributed by atoms with E-state index >= 15 is 0 Å². The summed E-state index contributed by atoms with van der Waals surface area (Å²) in [6.45, 7) is 4.65. The summed E-state index contributed by atoms with van der Waals surface area (Å²) in [5.74, 6) is 0.997. The monoisotopic (exact) mass is 341 g/mol. The molecule has 0 spiro atoms. The zero-order valence-electron chi connectivity index (χ0n) is 15.1. The zero-order valence-corrected chi connectivity index (χ0v) is 15.1. The number of hydrogen-bond donors (Lipinski definition) is 0. The third kappa shape index (κ3) is 4.18. The maximum absolute atomic E-state index is 13.0. The van der Waals surface area contributed by atoms with E-state index < -0.39 is 0 Å². The van der Waals surface area contributed by atoms with Crippen LogP contribution in [0.2, 0.25) is 0 Å². The van der Waals surface area contributed by atoms with Gasteiger partial charge in [0, 0.05) is 51.3 Å². The van der Waals surface area contributed by atoms with Gasteiger partial charge < -0.3 is 9.80 Å². The number of rotatable bonds is 6. The van der Waals surface area contributed by atoms with Crippen LogP contribution < -0.4 is 4.90 Å². The molecule has 2 aromatic rings. The standard InChI is InChI=1S/C19H27N5O/c1-3-22(2)18-9-8-16(15-20-18)19(25)24-13-5-4-7-17(24)10-14-23-12-6-11-21-23/h6,8-9,11-12,15,17H,3-5,7,10,13-14H2,1-2H3/t17-/m0/s1. The molecule has 0 aromatic carbocycles. The molecule has 25 heavy (non-hydrogen) atoms. The molecule has 6 nitrogen and oxygen atoms in total. The van der Waals surface area contributed by atoms with Crippen LogP contribution in [-0.2, 0) is 6.54 Å². The molecule has 3 heterocycles. The Bertz CT molecular complexity index is 668. The van der Waals surface area contributed by atoms with Crippen molar-refractivity contribution in [2.75, 3.05) is 25.0 Å². The van der Waals surface area contributed by atoms with Gasteiger partial charge in [0.25, 0.3) is 5.91 Å². The molecule has 1 aliphatic rings. The first-order chi connectivity index (χ1) is 12.2. The van der Waals surface area contributed by atoms with Gasteiger partial charge in [-0.05, 0) is 50.8 Å². The van der Waals surface area contributed by atoms with E-state index in [1.165, 1.54) is 6.42 Å². The molecule has 1 amide bonds. The van der Waals surface area contributed by atoms with Crippen molar-refractivity contribution in [2.24, 2.45) is 0 Å². The first-order valence-electron chi connectivity index (χ1n) is 9.14. The highest BCUT2D eigenvalue weighted by atomic mass is 16.2. The van der Waals surface area contributed by atoms with Crippen molar-refractivity contribution >= 4 is 11.7 Å². The Morgan fingerprint density at radius 1 is 1.36 bits per heavy atom. The van der Waals surface area contributed by atoms with Crippen LogP contribution in [0.25, 0.3) is 0 Å². The van der Waals surface area contributed by atoms with Gasteiger partial charge in [0.1, 0.15) is 5.82 Å². The summed E-state index contributed by atoms with van der Waals surface area (Å²) < 4.78 is 1.94. The molecule has 6 heteroatoms. The highest BCUT2D eigenvalue weighted by Gasteiger charge is 2.27. The lowest BCUT2D eigenvalue weighted by atomic mass is 9.98. The Hall–Kier alpha value is -2.37. The lowest BCUT2D eigenvalue weighted by molar-refractivity contribution is 0.0593. The fourth-order valence-corrected chi connectivity index (χ4v) is 3.35. The first kappa shape index (κ1) is 17.5. The Labute approximate surface area is 149 Å². The summed E-state index contributed by atoms with van der Waals surface area (Å²) in [5.41, 5.74) is 0.680. The highest BCUT2D eigenvalue weighted by Crippen LogP contribution is 2.23. The van der Waals surface area contributed by atoms with Crippen molar-refractivity contribution in [3.8, 4) is 0 Å². The average molecular weight is 341 g/mol. The van der Waals surface area contributed by atoms with Crippen LogP contribution in [0, 0.1) is 0 Å². The third-order valence-corrected chi connectivity index (χ3v) is 5.00. The van der Waals surface area contributed by atoms with Crippen LogP contribution in [0.3, 0.4) is 0 Å². The SMILES string of the molecule is CCN(C)c1ccc(C(=O)N2CCCC[C@H]2CCn2cccn2)cn1. The minimum atomic E-state index is 0.100. The predicted molar refractivity (Wildman–Crippen MR) is 98.7 cm³/mol. The van der Waals surface area contributed by atoms with E-state index in [1.54, 1.807) is 12.4 Å². The Kier molecular flexibility index (Phi) is 5.68. The molecule has 2 aromatic heterocycles. The Balaban J connectivity index is 1.67. The number of carbonyl (C=O) groups excluding carboxylic acids is 1. The fourth-order valence-electron chi connectivity index (χ4n) is 3.35. The number of hydrogen-bond acceptors (Lipinski definition) is 4. The molecule has 1 saturated heterocycles. The van der Waals surface area contributed by atoms with Crippen molar-refractivity contribution < 1.29 is 4.79 Å². The number of likely N-dealkylation sites (tertiary alicyclic amines) is 1. The summed E-state index contributed by atoms with van der Waals surface area (Å²) in [6, 6.07) is 6.04. The Morgan fingerprint density at radius 2 is 2.24 bits per heavy atom. The van der Waals surface area contributed by atoms with Crippen molar-refractivity contribution in [1.82, 2.24) is 19.7 Å². The number of nitrogens with zero attached hydrogens (tertiary/aromatic N) is 5. The molecule has 0 unspecified atom stereocenters. The van der Waals surface area contributed by atoms with Gasteiger partial charge >= 0.3 is 0 Å². The minimum absolute atomic E-state index is 0.100. The van der Waals surface area contributed by atoms with Crippen molar-refractivity contribution in [2.45, 2.75) is 45.2 Å². The number of amides is 1. The van der Waals surface area contributed by atoms with Crippen molar-refractivity contribution in [3.63, 3.8) is 0 Å². The van der Waals surface area contributed by atoms with Gasteiger partial charge in [-0.25, -0.2) is 4.98 Å². The number of piperidine rings is 1. The zero-order chi connectivity index (χ0) is 17.6. The number of pyridine rings is 1. The molecular formula is C19H27N5O. The first-order valence-corrected chi connectivity index (χ1v) is 9.14. The van der Waals surface area contributed by atoms with Gasteiger partial charge in [-0.2, -0.15) is 5.10 Å². The average Bonchev–Trinajstić information content (AvgIpc) is 3.19. The number of anilines is 1. The van der Waals surface area contributed by atoms with Gasteiger partial charge in [-0.3, -0.25) is 9.48 Å². The largest absolute Gasteiger partial charge is 0.360 e. The second-order valence-corrected chi connectivity index (χ2v) is 6.63. The van der Waals surface area contributed by atoms with E-state index in [9.17, 15) is 4.79 Å². The second kappa shape index (κ2) is 8.14. The van der Waals surface area contributed by atoms with E-state index in [2.05, 4.69) is 21.9 Å². The molecule has 3 rings (SSSR count). The van der Waals surface area contributed by atoms with E-state index in [1.807, 2.05) is 41.0 Å². The lowest BCUT2D eigenvalue weighted by Gasteiger charge is -2.36. The normalized spacial score (nSPS) is 17.5. The molecule has 0 saturated carbocycles. The molecule has 1 fully saturated rings. The molecule has 134 valence electrons. The van der Waals surface area contributed by atoms with E-state index in [4.69, 9.17) is 0 Å². The van der Waals surface area contributed by atoms with Crippen molar-refractivity contribution in [1.29, 1.82) is 0 Å². The lowest BCUT2D eigenvalue weighted by Crippen LogP contribution is -2.44. The van der Waals surface area contributed by atoms with E-state index in [-0.39, 0.29) is 11.9 Å². The number of carbonyl (C=O) groups is 1.